The summed E-state index contributed by atoms with van der Waals surface area (Å²) in [6, 6.07) is 6.54. The maximum Gasteiger partial charge on any atom is 0.177 e. The van der Waals surface area contributed by atoms with E-state index in [1.165, 1.54) is 6.07 Å². The molecule has 104 valence electrons. The van der Waals surface area contributed by atoms with Gasteiger partial charge in [0.2, 0.25) is 0 Å². The summed E-state index contributed by atoms with van der Waals surface area (Å²) < 4.78 is 14.5. The van der Waals surface area contributed by atoms with E-state index >= 15 is 0 Å². The van der Waals surface area contributed by atoms with Crippen molar-refractivity contribution in [3.05, 3.63) is 59.3 Å². The van der Waals surface area contributed by atoms with Crippen LogP contribution in [0.25, 0.3) is 21.3 Å². The molecule has 0 saturated carbocycles. The molecule has 1 aliphatic rings. The van der Waals surface area contributed by atoms with Crippen molar-refractivity contribution < 1.29 is 4.39 Å². The fourth-order valence-electron chi connectivity index (χ4n) is 2.46. The summed E-state index contributed by atoms with van der Waals surface area (Å²) in [6.07, 6.45) is 0. The highest BCUT2D eigenvalue weighted by Crippen LogP contribution is 2.46. The summed E-state index contributed by atoms with van der Waals surface area (Å²) in [5.74, 6) is -0.449. The lowest BCUT2D eigenvalue weighted by Crippen LogP contribution is -1.98. The van der Waals surface area contributed by atoms with Crippen LogP contribution in [0.1, 0.15) is 28.2 Å². The van der Waals surface area contributed by atoms with Gasteiger partial charge in [-0.25, -0.2) is 14.4 Å². The number of benzene rings is 1. The Hall–Kier alpha value is -2.83. The highest BCUT2D eigenvalue weighted by molar-refractivity contribution is 9.15. The highest BCUT2D eigenvalue weighted by Gasteiger charge is 2.31. The van der Waals surface area contributed by atoms with E-state index in [4.69, 9.17) is 10.5 Å². The first-order valence-electron chi connectivity index (χ1n) is 6.09. The molecule has 0 aliphatic heterocycles. The summed E-state index contributed by atoms with van der Waals surface area (Å²) in [5.41, 5.74) is 2.53. The molecule has 2 aromatic rings. The van der Waals surface area contributed by atoms with Gasteiger partial charge in [-0.05, 0) is 12.1 Å². The molecule has 3 rings (SSSR count). The zero-order valence-electron chi connectivity index (χ0n) is 11.1. The molecule has 0 spiro atoms. The van der Waals surface area contributed by atoms with Gasteiger partial charge in [0.25, 0.3) is 0 Å². The first kappa shape index (κ1) is 14.1. The number of halogens is 2. The third-order valence-corrected chi connectivity index (χ3v) is 3.77. The Morgan fingerprint density at radius 2 is 1.73 bits per heavy atom. The molecule has 4 nitrogen and oxygen atoms in total. The topological polar surface area (TPSA) is 73.4 Å². The molecule has 22 heavy (non-hydrogen) atoms. The van der Waals surface area contributed by atoms with Gasteiger partial charge >= 0.3 is 0 Å². The van der Waals surface area contributed by atoms with E-state index in [2.05, 4.69) is 39.1 Å². The van der Waals surface area contributed by atoms with Crippen LogP contribution in [-0.2, 0) is 0 Å². The summed E-state index contributed by atoms with van der Waals surface area (Å²) in [7, 11) is 0. The van der Waals surface area contributed by atoms with Crippen molar-refractivity contribution in [3.63, 3.8) is 0 Å². The van der Waals surface area contributed by atoms with Crippen molar-refractivity contribution in [2.45, 2.75) is 0 Å². The van der Waals surface area contributed by atoms with E-state index in [1.807, 2.05) is 12.1 Å². The third kappa shape index (κ3) is 1.78. The second-order valence-electron chi connectivity index (χ2n) is 4.57. The number of aromatic nitrogens is 2. The lowest BCUT2D eigenvalue weighted by molar-refractivity contribution is 0.624. The maximum absolute atomic E-state index is 14.1. The van der Waals surface area contributed by atoms with Crippen LogP contribution < -0.4 is 0 Å². The van der Waals surface area contributed by atoms with Crippen LogP contribution in [-0.4, -0.2) is 9.97 Å². The average Bonchev–Trinajstić information content (AvgIpc) is 2.78. The van der Waals surface area contributed by atoms with Crippen molar-refractivity contribution in [1.82, 2.24) is 9.97 Å². The van der Waals surface area contributed by atoms with Crippen molar-refractivity contribution in [3.8, 4) is 23.4 Å². The Labute approximate surface area is 134 Å². The van der Waals surface area contributed by atoms with Crippen LogP contribution in [0.2, 0.25) is 0 Å². The number of rotatable bonds is 1. The minimum atomic E-state index is -0.449. The summed E-state index contributed by atoms with van der Waals surface area (Å²) >= 11 is 3.19. The number of nitriles is 2. The quantitative estimate of drug-likeness (QED) is 0.668. The molecule has 6 heteroatoms. The highest BCUT2D eigenvalue weighted by atomic mass is 79.9. The van der Waals surface area contributed by atoms with Gasteiger partial charge in [0.05, 0.1) is 11.4 Å². The van der Waals surface area contributed by atoms with Gasteiger partial charge in [-0.1, -0.05) is 29.1 Å². The lowest BCUT2D eigenvalue weighted by Gasteiger charge is -2.08. The standard InChI is InChI=1S/C16H6BrFN4/c1-7-13-9(3-4-10(18)14(13)8(2)17)16-15(7)21-11(5-19)12(6-20)22-16/h3-4H,1-2H2. The van der Waals surface area contributed by atoms with Gasteiger partial charge in [-0.15, -0.1) is 0 Å². The van der Waals surface area contributed by atoms with E-state index in [-0.39, 0.29) is 17.0 Å². The minimum Gasteiger partial charge on any atom is -0.232 e. The van der Waals surface area contributed by atoms with Crippen LogP contribution in [0.5, 0.6) is 0 Å². The fourth-order valence-corrected chi connectivity index (χ4v) is 2.85. The molecular weight excluding hydrogens is 347 g/mol. The van der Waals surface area contributed by atoms with E-state index in [9.17, 15) is 4.39 Å². The molecule has 0 saturated heterocycles. The van der Waals surface area contributed by atoms with Crippen molar-refractivity contribution >= 4 is 26.0 Å². The first-order chi connectivity index (χ1) is 10.5. The van der Waals surface area contributed by atoms with E-state index < -0.39 is 5.82 Å². The van der Waals surface area contributed by atoms with Crippen LogP contribution in [0.4, 0.5) is 4.39 Å². The van der Waals surface area contributed by atoms with Gasteiger partial charge in [-0.3, -0.25) is 0 Å². The molecule has 0 radical (unpaired) electrons. The number of hydrogen-bond acceptors (Lipinski definition) is 4. The Morgan fingerprint density at radius 1 is 1.14 bits per heavy atom. The molecular formula is C16H6BrFN4. The first-order valence-corrected chi connectivity index (χ1v) is 6.88. The summed E-state index contributed by atoms with van der Waals surface area (Å²) in [5, 5.41) is 18.1. The third-order valence-electron chi connectivity index (χ3n) is 3.38. The minimum absolute atomic E-state index is 0.0644. The molecule has 1 heterocycles. The van der Waals surface area contributed by atoms with E-state index in [0.717, 1.165) is 0 Å². The SMILES string of the molecule is C=C(Br)c1c(F)ccc2c1C(=C)c1nc(C#N)c(C#N)nc1-2. The maximum atomic E-state index is 14.1. The molecule has 0 bridgehead atoms. The smallest absolute Gasteiger partial charge is 0.177 e. The van der Waals surface area contributed by atoms with Crippen molar-refractivity contribution in [2.75, 3.05) is 0 Å². The molecule has 0 amide bonds. The van der Waals surface area contributed by atoms with Crippen LogP contribution in [0.15, 0.2) is 25.3 Å². The van der Waals surface area contributed by atoms with Gasteiger partial charge in [0.15, 0.2) is 11.4 Å². The van der Waals surface area contributed by atoms with Crippen LogP contribution in [0, 0.1) is 28.5 Å². The second-order valence-corrected chi connectivity index (χ2v) is 5.53. The predicted molar refractivity (Wildman–Crippen MR) is 83.0 cm³/mol. The van der Waals surface area contributed by atoms with Crippen molar-refractivity contribution in [2.24, 2.45) is 0 Å². The molecule has 1 aliphatic carbocycles. The van der Waals surface area contributed by atoms with E-state index in [1.54, 1.807) is 6.07 Å². The van der Waals surface area contributed by atoms with Crippen LogP contribution >= 0.6 is 15.9 Å². The number of fused-ring (bicyclic) bond motifs is 3. The van der Waals surface area contributed by atoms with E-state index in [0.29, 0.717) is 32.6 Å². The molecule has 0 atom stereocenters. The Kier molecular flexibility index (Phi) is 3.13. The number of hydrogen-bond donors (Lipinski definition) is 0. The molecule has 1 aromatic carbocycles. The van der Waals surface area contributed by atoms with Gasteiger partial charge in [0, 0.05) is 26.7 Å². The van der Waals surface area contributed by atoms with Gasteiger partial charge < -0.3 is 0 Å². The van der Waals surface area contributed by atoms with Crippen molar-refractivity contribution in [1.29, 1.82) is 10.5 Å². The Bertz CT molecular complexity index is 964. The summed E-state index contributed by atoms with van der Waals surface area (Å²) in [6.45, 7) is 7.65. The zero-order valence-corrected chi connectivity index (χ0v) is 12.7. The second kappa shape index (κ2) is 4.87. The van der Waals surface area contributed by atoms with Crippen LogP contribution in [0.3, 0.4) is 0 Å². The fraction of sp³-hybridized carbons (Fsp3) is 0. The molecule has 0 N–H and O–H groups in total. The van der Waals surface area contributed by atoms with Gasteiger partial charge in [0.1, 0.15) is 18.0 Å². The summed E-state index contributed by atoms with van der Waals surface area (Å²) in [4.78, 5) is 8.35. The lowest BCUT2D eigenvalue weighted by atomic mass is 9.99. The monoisotopic (exact) mass is 352 g/mol. The molecule has 0 fully saturated rings. The largest absolute Gasteiger partial charge is 0.232 e. The Morgan fingerprint density at radius 3 is 2.27 bits per heavy atom. The average molecular weight is 353 g/mol. The zero-order chi connectivity index (χ0) is 16.0. The number of nitrogens with zero attached hydrogens (tertiary/aromatic N) is 4. The Balaban J connectivity index is 2.41. The normalized spacial score (nSPS) is 11.4. The van der Waals surface area contributed by atoms with Gasteiger partial charge in [-0.2, -0.15) is 10.5 Å². The molecule has 1 aromatic heterocycles. The predicted octanol–water partition coefficient (Wildman–Crippen LogP) is 3.77. The molecule has 0 unspecified atom stereocenters.